The highest BCUT2D eigenvalue weighted by molar-refractivity contribution is 14.1. The predicted molar refractivity (Wildman–Crippen MR) is 119 cm³/mol. The SMILES string of the molecule is CCCCCCC(=O)NC(NC(=S)Nc1ccc(I)cc1)C(Cl)(Cl)Cl. The standard InChI is InChI=1S/C16H21Cl3IN3OS/c1-2-3-4-5-6-13(24)22-14(16(17,18)19)23-15(25)21-12-9-7-11(20)8-10-12/h7-10,14H,2-6H2,1H3,(H,22,24)(H2,21,23,25). The fraction of sp³-hybridized carbons (Fsp3) is 0.500. The molecular formula is C16H21Cl3IN3OS. The first kappa shape index (κ1) is 23.0. The quantitative estimate of drug-likeness (QED) is 0.138. The van der Waals surface area contributed by atoms with Gasteiger partial charge < -0.3 is 16.0 Å². The fourth-order valence-corrected chi connectivity index (χ4v) is 2.90. The summed E-state index contributed by atoms with van der Waals surface area (Å²) >= 11 is 25.3. The largest absolute Gasteiger partial charge is 0.339 e. The molecule has 25 heavy (non-hydrogen) atoms. The van der Waals surface area contributed by atoms with Crippen molar-refractivity contribution >= 4 is 86.3 Å². The molecule has 1 atom stereocenters. The summed E-state index contributed by atoms with van der Waals surface area (Å²) in [6, 6.07) is 7.64. The molecule has 0 aliphatic carbocycles. The topological polar surface area (TPSA) is 53.2 Å². The lowest BCUT2D eigenvalue weighted by Crippen LogP contribution is -2.56. The second kappa shape index (κ2) is 11.6. The summed E-state index contributed by atoms with van der Waals surface area (Å²) in [5.41, 5.74) is 0.798. The van der Waals surface area contributed by atoms with Crippen LogP contribution in [0.1, 0.15) is 39.0 Å². The number of amides is 1. The van der Waals surface area contributed by atoms with Crippen LogP contribution in [0.5, 0.6) is 0 Å². The third-order valence-corrected chi connectivity index (χ3v) is 4.86. The molecule has 0 aliphatic heterocycles. The smallest absolute Gasteiger partial charge is 0.228 e. The Morgan fingerprint density at radius 2 is 1.80 bits per heavy atom. The third-order valence-electron chi connectivity index (χ3n) is 3.27. The van der Waals surface area contributed by atoms with Crippen LogP contribution in [0.4, 0.5) is 5.69 Å². The number of nitrogens with one attached hydrogen (secondary N) is 3. The van der Waals surface area contributed by atoms with Crippen molar-refractivity contribution in [2.45, 2.75) is 49.0 Å². The summed E-state index contributed by atoms with van der Waals surface area (Å²) < 4.78 is -0.631. The van der Waals surface area contributed by atoms with Crippen LogP contribution >= 0.6 is 69.6 Å². The number of thiocarbonyl (C=S) groups is 1. The van der Waals surface area contributed by atoms with Gasteiger partial charge in [-0.1, -0.05) is 61.0 Å². The average molecular weight is 537 g/mol. The molecule has 0 fully saturated rings. The summed E-state index contributed by atoms with van der Waals surface area (Å²) in [4.78, 5) is 12.0. The lowest BCUT2D eigenvalue weighted by atomic mass is 10.1. The summed E-state index contributed by atoms with van der Waals surface area (Å²) in [5, 5.41) is 8.78. The highest BCUT2D eigenvalue weighted by Gasteiger charge is 2.34. The van der Waals surface area contributed by atoms with Gasteiger partial charge in [0.25, 0.3) is 0 Å². The predicted octanol–water partition coefficient (Wildman–Crippen LogP) is 5.36. The molecule has 3 N–H and O–H groups in total. The molecule has 1 aromatic rings. The molecule has 0 radical (unpaired) electrons. The maximum Gasteiger partial charge on any atom is 0.228 e. The molecule has 9 heteroatoms. The molecule has 1 aromatic carbocycles. The van der Waals surface area contributed by atoms with Crippen molar-refractivity contribution < 1.29 is 4.79 Å². The number of halogens is 4. The van der Waals surface area contributed by atoms with Gasteiger partial charge in [-0.3, -0.25) is 4.79 Å². The zero-order chi connectivity index (χ0) is 18.9. The van der Waals surface area contributed by atoms with E-state index in [0.29, 0.717) is 6.42 Å². The van der Waals surface area contributed by atoms with E-state index in [1.165, 1.54) is 0 Å². The van der Waals surface area contributed by atoms with Gasteiger partial charge in [0.2, 0.25) is 9.70 Å². The molecule has 4 nitrogen and oxygen atoms in total. The molecular weight excluding hydrogens is 516 g/mol. The molecule has 0 bridgehead atoms. The Morgan fingerprint density at radius 1 is 1.16 bits per heavy atom. The van der Waals surface area contributed by atoms with Crippen LogP contribution in [0.15, 0.2) is 24.3 Å². The first-order valence-corrected chi connectivity index (χ1v) is 10.5. The van der Waals surface area contributed by atoms with E-state index in [0.717, 1.165) is 34.9 Å². The van der Waals surface area contributed by atoms with Gasteiger partial charge in [0.1, 0.15) is 6.17 Å². The van der Waals surface area contributed by atoms with Crippen molar-refractivity contribution in [1.29, 1.82) is 0 Å². The molecule has 0 aromatic heterocycles. The van der Waals surface area contributed by atoms with Gasteiger partial charge in [-0.2, -0.15) is 0 Å². The number of anilines is 1. The van der Waals surface area contributed by atoms with Gasteiger partial charge in [0, 0.05) is 15.7 Å². The van der Waals surface area contributed by atoms with Crippen LogP contribution < -0.4 is 16.0 Å². The minimum Gasteiger partial charge on any atom is -0.339 e. The lowest BCUT2D eigenvalue weighted by molar-refractivity contribution is -0.122. The summed E-state index contributed by atoms with van der Waals surface area (Å²) in [5.74, 6) is -0.183. The van der Waals surface area contributed by atoms with Crippen LogP contribution in [0.2, 0.25) is 0 Å². The molecule has 0 saturated carbocycles. The fourth-order valence-electron chi connectivity index (χ4n) is 1.98. The molecule has 1 rings (SSSR count). The number of benzene rings is 1. The third kappa shape index (κ3) is 10.0. The van der Waals surface area contributed by atoms with Crippen molar-refractivity contribution in [3.05, 3.63) is 27.8 Å². The van der Waals surface area contributed by atoms with Crippen LogP contribution in [0, 0.1) is 3.57 Å². The van der Waals surface area contributed by atoms with Crippen LogP contribution in [-0.4, -0.2) is 21.0 Å². The number of rotatable bonds is 8. The zero-order valence-corrected chi connectivity index (χ0v) is 19.0. The first-order chi connectivity index (χ1) is 11.7. The van der Waals surface area contributed by atoms with E-state index in [9.17, 15) is 4.79 Å². The number of hydrogen-bond acceptors (Lipinski definition) is 2. The van der Waals surface area contributed by atoms with Gasteiger partial charge in [-0.05, 0) is 65.5 Å². The second-order valence-electron chi connectivity index (χ2n) is 5.46. The second-order valence-corrected chi connectivity index (χ2v) is 9.48. The summed E-state index contributed by atoms with van der Waals surface area (Å²) in [7, 11) is 0. The normalized spacial score (nSPS) is 12.4. The van der Waals surface area contributed by atoms with E-state index in [1.54, 1.807) is 0 Å². The average Bonchev–Trinajstić information content (AvgIpc) is 2.52. The number of carbonyl (C=O) groups excluding carboxylic acids is 1. The lowest BCUT2D eigenvalue weighted by Gasteiger charge is -2.27. The van der Waals surface area contributed by atoms with Gasteiger partial charge in [-0.25, -0.2) is 0 Å². The number of unbranched alkanes of at least 4 members (excludes halogenated alkanes) is 3. The molecule has 0 spiro atoms. The van der Waals surface area contributed by atoms with Gasteiger partial charge >= 0.3 is 0 Å². The number of carbonyl (C=O) groups is 1. The van der Waals surface area contributed by atoms with E-state index >= 15 is 0 Å². The Hall–Kier alpha value is -0.0200. The van der Waals surface area contributed by atoms with E-state index in [1.807, 2.05) is 24.3 Å². The highest BCUT2D eigenvalue weighted by Crippen LogP contribution is 2.29. The molecule has 140 valence electrons. The Balaban J connectivity index is 2.56. The van der Waals surface area contributed by atoms with E-state index < -0.39 is 9.96 Å². The summed E-state index contributed by atoms with van der Waals surface area (Å²) in [6.45, 7) is 2.12. The van der Waals surface area contributed by atoms with E-state index in [2.05, 4.69) is 45.5 Å². The van der Waals surface area contributed by atoms with Crippen LogP contribution in [-0.2, 0) is 4.79 Å². The van der Waals surface area contributed by atoms with Crippen molar-refractivity contribution in [2.24, 2.45) is 0 Å². The highest BCUT2D eigenvalue weighted by atomic mass is 127. The Kier molecular flexibility index (Phi) is 10.7. The molecule has 1 unspecified atom stereocenters. The van der Waals surface area contributed by atoms with Gasteiger partial charge in [-0.15, -0.1) is 0 Å². The maximum atomic E-state index is 12.0. The maximum absolute atomic E-state index is 12.0. The molecule has 1 amide bonds. The van der Waals surface area contributed by atoms with Crippen molar-refractivity contribution in [1.82, 2.24) is 10.6 Å². The Labute approximate surface area is 182 Å². The summed E-state index contributed by atoms with van der Waals surface area (Å²) in [6.07, 6.45) is 3.47. The molecule has 0 aliphatic rings. The Bertz CT molecular complexity index is 567. The van der Waals surface area contributed by atoms with Crippen LogP contribution in [0.25, 0.3) is 0 Å². The Morgan fingerprint density at radius 3 is 2.36 bits per heavy atom. The van der Waals surface area contributed by atoms with Crippen molar-refractivity contribution in [3.63, 3.8) is 0 Å². The minimum absolute atomic E-state index is 0.183. The molecule has 0 heterocycles. The van der Waals surface area contributed by atoms with Crippen molar-refractivity contribution in [2.75, 3.05) is 5.32 Å². The minimum atomic E-state index is -1.74. The van der Waals surface area contributed by atoms with Crippen molar-refractivity contribution in [3.8, 4) is 0 Å². The van der Waals surface area contributed by atoms with Crippen LogP contribution in [0.3, 0.4) is 0 Å². The first-order valence-electron chi connectivity index (χ1n) is 7.91. The van der Waals surface area contributed by atoms with E-state index in [4.69, 9.17) is 47.0 Å². The van der Waals surface area contributed by atoms with E-state index in [-0.39, 0.29) is 11.0 Å². The number of alkyl halides is 3. The monoisotopic (exact) mass is 535 g/mol. The zero-order valence-electron chi connectivity index (χ0n) is 13.8. The molecule has 0 saturated heterocycles. The van der Waals surface area contributed by atoms with Gasteiger partial charge in [0.15, 0.2) is 5.11 Å². The van der Waals surface area contributed by atoms with Gasteiger partial charge in [0.05, 0.1) is 0 Å². The number of hydrogen-bond donors (Lipinski definition) is 3.